The van der Waals surface area contributed by atoms with Gasteiger partial charge in [-0.1, -0.05) is 18.2 Å². The largest absolute Gasteiger partial charge is 0.496 e. The van der Waals surface area contributed by atoms with Crippen molar-refractivity contribution in [1.82, 2.24) is 10.6 Å². The van der Waals surface area contributed by atoms with Crippen molar-refractivity contribution in [3.63, 3.8) is 0 Å². The molecule has 0 aromatic heterocycles. The highest BCUT2D eigenvalue weighted by Crippen LogP contribution is 2.28. The predicted octanol–water partition coefficient (Wildman–Crippen LogP) is 3.26. The van der Waals surface area contributed by atoms with Crippen LogP contribution in [0.1, 0.15) is 23.6 Å². The molecule has 0 heterocycles. The van der Waals surface area contributed by atoms with Crippen molar-refractivity contribution in [1.29, 1.82) is 0 Å². The van der Waals surface area contributed by atoms with Crippen molar-refractivity contribution in [2.24, 2.45) is 4.99 Å². The summed E-state index contributed by atoms with van der Waals surface area (Å²) in [7, 11) is 3.27. The van der Waals surface area contributed by atoms with E-state index in [-0.39, 0.29) is 37.2 Å². The van der Waals surface area contributed by atoms with Crippen LogP contribution in [-0.4, -0.2) is 45.0 Å². The van der Waals surface area contributed by atoms with E-state index < -0.39 is 0 Å². The minimum Gasteiger partial charge on any atom is -0.496 e. The van der Waals surface area contributed by atoms with Gasteiger partial charge in [-0.05, 0) is 43.2 Å². The molecule has 0 aliphatic rings. The molecule has 0 aliphatic heterocycles. The van der Waals surface area contributed by atoms with Crippen LogP contribution >= 0.6 is 24.0 Å². The molecule has 0 saturated carbocycles. The molecule has 0 aliphatic carbocycles. The number of hydrogen-bond acceptors (Lipinski definition) is 5. The molecule has 0 atom stereocenters. The molecule has 7 nitrogen and oxygen atoms in total. The molecule has 0 spiro atoms. The number of aliphatic hydroxyl groups is 1. The number of methoxy groups -OCH3 is 2. The quantitative estimate of drug-likeness (QED) is 0.249. The van der Waals surface area contributed by atoms with E-state index in [1.807, 2.05) is 38.1 Å². The fourth-order valence-corrected chi connectivity index (χ4v) is 2.77. The second-order valence-electron chi connectivity index (χ2n) is 6.42. The second kappa shape index (κ2) is 13.9. The average molecular weight is 529 g/mol. The highest BCUT2D eigenvalue weighted by molar-refractivity contribution is 14.0. The molecular formula is C22H32IN3O4. The standard InChI is InChI=1S/C22H31N3O4.HI/c1-5-23-22(25-15-18-8-6-16(2)12-20(18)27-3)24-14-17-7-9-19(29-11-10-26)21(13-17)28-4;/h6-9,12-13,26H,5,10-11,14-15H2,1-4H3,(H2,23,24,25);1H. The summed E-state index contributed by atoms with van der Waals surface area (Å²) in [6.07, 6.45) is 0. The predicted molar refractivity (Wildman–Crippen MR) is 130 cm³/mol. The fourth-order valence-electron chi connectivity index (χ4n) is 2.77. The Morgan fingerprint density at radius 2 is 1.77 bits per heavy atom. The molecule has 2 aromatic carbocycles. The minimum atomic E-state index is -0.0430. The van der Waals surface area contributed by atoms with Gasteiger partial charge in [-0.25, -0.2) is 4.99 Å². The Hall–Kier alpha value is -2.20. The summed E-state index contributed by atoms with van der Waals surface area (Å²) < 4.78 is 16.3. The van der Waals surface area contributed by atoms with Gasteiger partial charge >= 0.3 is 0 Å². The molecule has 2 aromatic rings. The second-order valence-corrected chi connectivity index (χ2v) is 6.42. The van der Waals surface area contributed by atoms with E-state index in [9.17, 15) is 0 Å². The Labute approximate surface area is 195 Å². The first-order chi connectivity index (χ1) is 14.1. The molecule has 0 amide bonds. The Morgan fingerprint density at radius 1 is 1.00 bits per heavy atom. The lowest BCUT2D eigenvalue weighted by molar-refractivity contribution is 0.196. The number of aliphatic imine (C=N–C) groups is 1. The van der Waals surface area contributed by atoms with Crippen molar-refractivity contribution in [2.45, 2.75) is 26.9 Å². The maximum Gasteiger partial charge on any atom is 0.191 e. The van der Waals surface area contributed by atoms with Crippen LogP contribution in [-0.2, 0) is 13.1 Å². The number of nitrogens with zero attached hydrogens (tertiary/aromatic N) is 1. The SMILES string of the molecule is CCNC(=NCc1ccc(OCCO)c(OC)c1)NCc1ccc(C)cc1OC.I. The lowest BCUT2D eigenvalue weighted by atomic mass is 10.1. The van der Waals surface area contributed by atoms with Crippen molar-refractivity contribution < 1.29 is 19.3 Å². The third-order valence-corrected chi connectivity index (χ3v) is 4.23. The van der Waals surface area contributed by atoms with Crippen LogP contribution in [0.2, 0.25) is 0 Å². The highest BCUT2D eigenvalue weighted by Gasteiger charge is 2.07. The summed E-state index contributed by atoms with van der Waals surface area (Å²) in [6.45, 7) is 6.10. The van der Waals surface area contributed by atoms with Gasteiger partial charge in [-0.15, -0.1) is 24.0 Å². The number of aliphatic hydroxyl groups excluding tert-OH is 1. The number of aryl methyl sites for hydroxylation is 1. The highest BCUT2D eigenvalue weighted by atomic mass is 127. The molecule has 166 valence electrons. The van der Waals surface area contributed by atoms with Gasteiger partial charge in [-0.2, -0.15) is 0 Å². The van der Waals surface area contributed by atoms with Crippen LogP contribution in [0.15, 0.2) is 41.4 Å². The van der Waals surface area contributed by atoms with Crippen molar-refractivity contribution in [3.8, 4) is 17.2 Å². The monoisotopic (exact) mass is 529 g/mol. The molecule has 8 heteroatoms. The van der Waals surface area contributed by atoms with Crippen molar-refractivity contribution >= 4 is 29.9 Å². The molecule has 0 fully saturated rings. The maximum atomic E-state index is 8.92. The Morgan fingerprint density at radius 3 is 2.43 bits per heavy atom. The zero-order valence-corrected chi connectivity index (χ0v) is 20.4. The number of rotatable bonds is 10. The summed E-state index contributed by atoms with van der Waals surface area (Å²) in [5, 5.41) is 15.5. The van der Waals surface area contributed by atoms with E-state index in [4.69, 9.17) is 19.3 Å². The molecule has 0 unspecified atom stereocenters. The van der Waals surface area contributed by atoms with Crippen LogP contribution in [0.25, 0.3) is 0 Å². The van der Waals surface area contributed by atoms with Gasteiger partial charge in [0.15, 0.2) is 17.5 Å². The van der Waals surface area contributed by atoms with Crippen LogP contribution in [0, 0.1) is 6.92 Å². The van der Waals surface area contributed by atoms with Crippen LogP contribution in [0.4, 0.5) is 0 Å². The summed E-state index contributed by atoms with van der Waals surface area (Å²) in [5.41, 5.74) is 3.21. The van der Waals surface area contributed by atoms with Gasteiger partial charge in [0.2, 0.25) is 0 Å². The zero-order valence-electron chi connectivity index (χ0n) is 18.0. The first-order valence-electron chi connectivity index (χ1n) is 9.67. The Kier molecular flexibility index (Phi) is 12.0. The van der Waals surface area contributed by atoms with Crippen molar-refractivity contribution in [2.75, 3.05) is 34.0 Å². The number of nitrogens with one attached hydrogen (secondary N) is 2. The molecule has 2 rings (SSSR count). The summed E-state index contributed by atoms with van der Waals surface area (Å²) in [6, 6.07) is 11.8. The normalized spacial score (nSPS) is 10.8. The lowest BCUT2D eigenvalue weighted by Gasteiger charge is -2.14. The van der Waals surface area contributed by atoms with Crippen LogP contribution < -0.4 is 24.8 Å². The average Bonchev–Trinajstić information content (AvgIpc) is 2.74. The third kappa shape index (κ3) is 7.91. The van der Waals surface area contributed by atoms with Gasteiger partial charge in [0.1, 0.15) is 12.4 Å². The lowest BCUT2D eigenvalue weighted by Crippen LogP contribution is -2.36. The number of ether oxygens (including phenoxy) is 3. The summed E-state index contributed by atoms with van der Waals surface area (Å²) >= 11 is 0. The van der Waals surface area contributed by atoms with E-state index in [1.165, 1.54) is 0 Å². The van der Waals surface area contributed by atoms with Crippen LogP contribution in [0.3, 0.4) is 0 Å². The van der Waals surface area contributed by atoms with Gasteiger partial charge < -0.3 is 30.0 Å². The number of benzene rings is 2. The summed E-state index contributed by atoms with van der Waals surface area (Å²) in [4.78, 5) is 4.66. The first-order valence-corrected chi connectivity index (χ1v) is 9.67. The molecule has 0 bridgehead atoms. The maximum absolute atomic E-state index is 8.92. The summed E-state index contributed by atoms with van der Waals surface area (Å²) in [5.74, 6) is 2.80. The zero-order chi connectivity index (χ0) is 21.1. The minimum absolute atomic E-state index is 0. The third-order valence-electron chi connectivity index (χ3n) is 4.23. The van der Waals surface area contributed by atoms with Crippen molar-refractivity contribution in [3.05, 3.63) is 53.1 Å². The molecule has 0 radical (unpaired) electrons. The molecular weight excluding hydrogens is 497 g/mol. The van der Waals surface area contributed by atoms with E-state index in [2.05, 4.69) is 27.8 Å². The van der Waals surface area contributed by atoms with Gasteiger partial charge in [-0.3, -0.25) is 0 Å². The van der Waals surface area contributed by atoms with Gasteiger partial charge in [0, 0.05) is 18.7 Å². The van der Waals surface area contributed by atoms with E-state index in [1.54, 1.807) is 14.2 Å². The number of hydrogen-bond donors (Lipinski definition) is 3. The fraction of sp³-hybridized carbons (Fsp3) is 0.409. The molecule has 0 saturated heterocycles. The van der Waals surface area contributed by atoms with E-state index in [0.29, 0.717) is 24.6 Å². The first kappa shape index (κ1) is 25.8. The smallest absolute Gasteiger partial charge is 0.191 e. The Balaban J connectivity index is 0.00000450. The molecule has 30 heavy (non-hydrogen) atoms. The molecule has 3 N–H and O–H groups in total. The van der Waals surface area contributed by atoms with E-state index in [0.717, 1.165) is 34.9 Å². The van der Waals surface area contributed by atoms with Gasteiger partial charge in [0.05, 0.1) is 27.4 Å². The Bertz CT molecular complexity index is 815. The topological polar surface area (TPSA) is 84.3 Å². The van der Waals surface area contributed by atoms with Crippen LogP contribution in [0.5, 0.6) is 17.2 Å². The number of halogens is 1. The van der Waals surface area contributed by atoms with E-state index >= 15 is 0 Å². The van der Waals surface area contributed by atoms with Gasteiger partial charge in [0.25, 0.3) is 0 Å². The number of guanidine groups is 1.